The Bertz CT molecular complexity index is 1260. The summed E-state index contributed by atoms with van der Waals surface area (Å²) in [4.78, 5) is 33.9. The molecule has 1 unspecified atom stereocenters. The zero-order valence-electron chi connectivity index (χ0n) is 22.1. The van der Waals surface area contributed by atoms with E-state index in [1.165, 1.54) is 22.1 Å². The van der Waals surface area contributed by atoms with Crippen LogP contribution >= 0.6 is 11.3 Å². The highest BCUT2D eigenvalue weighted by Gasteiger charge is 2.32. The molecule has 5 rings (SSSR count). The van der Waals surface area contributed by atoms with Crippen molar-refractivity contribution in [1.29, 1.82) is 0 Å². The molecule has 38 heavy (non-hydrogen) atoms. The topological polar surface area (TPSA) is 43.9 Å². The molecule has 3 aromatic rings. The predicted octanol–water partition coefficient (Wildman–Crippen LogP) is 5.55. The van der Waals surface area contributed by atoms with Gasteiger partial charge >= 0.3 is 0 Å². The van der Waals surface area contributed by atoms with Gasteiger partial charge in [0.15, 0.2) is 0 Å². The molecule has 0 aliphatic carbocycles. The SMILES string of the molecule is CCCCc1ccc(C(=O)N2CCCN(C(=O)CN3CCc4sccc4C3c3cccc(F)c3)CC2)cc1. The van der Waals surface area contributed by atoms with E-state index in [0.29, 0.717) is 31.7 Å². The van der Waals surface area contributed by atoms with Gasteiger partial charge in [-0.1, -0.05) is 37.6 Å². The second kappa shape index (κ2) is 12.2. The minimum Gasteiger partial charge on any atom is -0.340 e. The molecule has 2 amide bonds. The summed E-state index contributed by atoms with van der Waals surface area (Å²) < 4.78 is 14.1. The maximum atomic E-state index is 14.1. The van der Waals surface area contributed by atoms with E-state index >= 15 is 0 Å². The summed E-state index contributed by atoms with van der Waals surface area (Å²) in [6, 6.07) is 16.7. The van der Waals surface area contributed by atoms with E-state index in [1.54, 1.807) is 23.5 Å². The number of nitrogens with zero attached hydrogens (tertiary/aromatic N) is 3. The van der Waals surface area contributed by atoms with Crippen LogP contribution in [0.15, 0.2) is 60.0 Å². The summed E-state index contributed by atoms with van der Waals surface area (Å²) in [5, 5.41) is 2.08. The van der Waals surface area contributed by atoms with Crippen molar-refractivity contribution >= 4 is 23.2 Å². The fraction of sp³-hybridized carbons (Fsp3) is 0.419. The lowest BCUT2D eigenvalue weighted by Crippen LogP contribution is -2.45. The van der Waals surface area contributed by atoms with Gasteiger partial charge in [-0.15, -0.1) is 11.3 Å². The molecule has 1 aromatic heterocycles. The normalized spacial score (nSPS) is 18.2. The van der Waals surface area contributed by atoms with Crippen molar-refractivity contribution in [3.8, 4) is 0 Å². The van der Waals surface area contributed by atoms with E-state index in [1.807, 2.05) is 28.0 Å². The van der Waals surface area contributed by atoms with Crippen LogP contribution in [0, 0.1) is 5.82 Å². The van der Waals surface area contributed by atoms with E-state index in [0.717, 1.165) is 44.2 Å². The van der Waals surface area contributed by atoms with Crippen molar-refractivity contribution in [2.24, 2.45) is 0 Å². The number of amides is 2. The molecule has 1 atom stereocenters. The molecular formula is C31H36FN3O2S. The first-order chi connectivity index (χ1) is 18.5. The van der Waals surface area contributed by atoms with Gasteiger partial charge in [0.2, 0.25) is 5.91 Å². The van der Waals surface area contributed by atoms with Gasteiger partial charge in [-0.05, 0) is 78.1 Å². The Morgan fingerprint density at radius 2 is 1.76 bits per heavy atom. The average molecular weight is 534 g/mol. The van der Waals surface area contributed by atoms with Crippen LogP contribution in [-0.4, -0.2) is 65.8 Å². The predicted molar refractivity (Wildman–Crippen MR) is 150 cm³/mol. The zero-order valence-corrected chi connectivity index (χ0v) is 22.9. The van der Waals surface area contributed by atoms with E-state index in [-0.39, 0.29) is 30.2 Å². The smallest absolute Gasteiger partial charge is 0.253 e. The van der Waals surface area contributed by atoms with E-state index in [9.17, 15) is 14.0 Å². The Balaban J connectivity index is 1.23. The van der Waals surface area contributed by atoms with Crippen molar-refractivity contribution in [3.63, 3.8) is 0 Å². The Hall–Kier alpha value is -3.03. The quantitative estimate of drug-likeness (QED) is 0.400. The Morgan fingerprint density at radius 3 is 2.55 bits per heavy atom. The van der Waals surface area contributed by atoms with Crippen LogP contribution in [0.25, 0.3) is 0 Å². The van der Waals surface area contributed by atoms with E-state index in [2.05, 4.69) is 35.4 Å². The summed E-state index contributed by atoms with van der Waals surface area (Å²) in [5.41, 5.74) is 4.03. The zero-order chi connectivity index (χ0) is 26.5. The first-order valence-electron chi connectivity index (χ1n) is 13.7. The first kappa shape index (κ1) is 26.6. The third-order valence-electron chi connectivity index (χ3n) is 7.72. The molecule has 0 saturated carbocycles. The number of benzene rings is 2. The minimum absolute atomic E-state index is 0.0357. The molecule has 2 aromatic carbocycles. The summed E-state index contributed by atoms with van der Waals surface area (Å²) in [6.45, 7) is 5.57. The third-order valence-corrected chi connectivity index (χ3v) is 8.72. The number of unbranched alkanes of at least 4 members (excludes halogenated alkanes) is 1. The second-order valence-corrected chi connectivity index (χ2v) is 11.3. The Labute approximate surface area is 228 Å². The Morgan fingerprint density at radius 1 is 0.974 bits per heavy atom. The van der Waals surface area contributed by atoms with Gasteiger partial charge in [0.25, 0.3) is 5.91 Å². The molecule has 1 fully saturated rings. The number of hydrogen-bond donors (Lipinski definition) is 0. The van der Waals surface area contributed by atoms with Crippen molar-refractivity contribution in [2.75, 3.05) is 39.3 Å². The van der Waals surface area contributed by atoms with Crippen LogP contribution in [0.3, 0.4) is 0 Å². The van der Waals surface area contributed by atoms with Crippen LogP contribution in [-0.2, 0) is 17.6 Å². The number of hydrogen-bond acceptors (Lipinski definition) is 4. The van der Waals surface area contributed by atoms with E-state index < -0.39 is 0 Å². The number of rotatable bonds is 7. The van der Waals surface area contributed by atoms with Crippen LogP contribution < -0.4 is 0 Å². The average Bonchev–Trinajstić information content (AvgIpc) is 3.27. The van der Waals surface area contributed by atoms with Gasteiger partial charge in [0.1, 0.15) is 5.82 Å². The third kappa shape index (κ3) is 6.00. The van der Waals surface area contributed by atoms with Crippen LogP contribution in [0.5, 0.6) is 0 Å². The fourth-order valence-electron chi connectivity index (χ4n) is 5.63. The molecule has 1 saturated heterocycles. The van der Waals surface area contributed by atoms with Crippen molar-refractivity contribution in [2.45, 2.75) is 45.1 Å². The van der Waals surface area contributed by atoms with Gasteiger partial charge < -0.3 is 9.80 Å². The number of fused-ring (bicyclic) bond motifs is 1. The minimum atomic E-state index is -0.260. The Kier molecular flexibility index (Phi) is 8.55. The molecule has 0 N–H and O–H groups in total. The number of carbonyl (C=O) groups is 2. The number of thiophene rings is 1. The molecule has 5 nitrogen and oxygen atoms in total. The second-order valence-electron chi connectivity index (χ2n) is 10.3. The van der Waals surface area contributed by atoms with Gasteiger partial charge in [-0.25, -0.2) is 4.39 Å². The highest BCUT2D eigenvalue weighted by molar-refractivity contribution is 7.10. The molecule has 200 valence electrons. The molecule has 2 aliphatic heterocycles. The largest absolute Gasteiger partial charge is 0.340 e. The lowest BCUT2D eigenvalue weighted by atomic mass is 9.93. The molecule has 0 spiro atoms. The maximum absolute atomic E-state index is 14.1. The molecular weight excluding hydrogens is 497 g/mol. The maximum Gasteiger partial charge on any atom is 0.253 e. The van der Waals surface area contributed by atoms with Gasteiger partial charge in [-0.2, -0.15) is 0 Å². The van der Waals surface area contributed by atoms with Crippen molar-refractivity contribution < 1.29 is 14.0 Å². The molecule has 0 bridgehead atoms. The number of carbonyl (C=O) groups excluding carboxylic acids is 2. The lowest BCUT2D eigenvalue weighted by molar-refractivity contribution is -0.132. The number of aryl methyl sites for hydroxylation is 1. The van der Waals surface area contributed by atoms with Gasteiger partial charge in [0.05, 0.1) is 12.6 Å². The standard InChI is InChI=1S/C31H36FN3O2S/c1-2-3-6-23-9-11-24(12-10-23)31(37)34-16-5-15-33(18-19-34)29(36)22-35-17-13-28-27(14-20-38-28)30(35)25-7-4-8-26(32)21-25/h4,7-12,14,20-21,30H,2-3,5-6,13,15-19,22H2,1H3. The highest BCUT2D eigenvalue weighted by atomic mass is 32.1. The monoisotopic (exact) mass is 533 g/mol. The number of halogens is 1. The van der Waals surface area contributed by atoms with Crippen molar-refractivity contribution in [3.05, 3.63) is 92.9 Å². The molecule has 2 aliphatic rings. The fourth-order valence-corrected chi connectivity index (χ4v) is 6.53. The van der Waals surface area contributed by atoms with Gasteiger partial charge in [0, 0.05) is 43.2 Å². The molecule has 0 radical (unpaired) electrons. The first-order valence-corrected chi connectivity index (χ1v) is 14.6. The van der Waals surface area contributed by atoms with Gasteiger partial charge in [-0.3, -0.25) is 14.5 Å². The summed E-state index contributed by atoms with van der Waals surface area (Å²) in [7, 11) is 0. The lowest BCUT2D eigenvalue weighted by Gasteiger charge is -2.37. The van der Waals surface area contributed by atoms with Crippen LogP contribution in [0.2, 0.25) is 0 Å². The molecule has 7 heteroatoms. The summed E-state index contributed by atoms with van der Waals surface area (Å²) in [5.74, 6) is -0.155. The van der Waals surface area contributed by atoms with E-state index in [4.69, 9.17) is 0 Å². The van der Waals surface area contributed by atoms with Crippen molar-refractivity contribution in [1.82, 2.24) is 14.7 Å². The van der Waals surface area contributed by atoms with Crippen LogP contribution in [0.4, 0.5) is 4.39 Å². The van der Waals surface area contributed by atoms with Crippen LogP contribution in [0.1, 0.15) is 64.2 Å². The summed E-state index contributed by atoms with van der Waals surface area (Å²) in [6.07, 6.45) is 5.00. The highest BCUT2D eigenvalue weighted by Crippen LogP contribution is 2.37. The summed E-state index contributed by atoms with van der Waals surface area (Å²) >= 11 is 1.73. The molecule has 3 heterocycles.